The van der Waals surface area contributed by atoms with Gasteiger partial charge in [-0.15, -0.1) is 0 Å². The Bertz CT molecular complexity index is 866. The standard InChI is InChI=1S/C25H29N3O/c1-26-17-19-27(20-18-26)24-13-15-28(16-14-24)25(29)23-11-9-22(10-12-23)8-7-21-5-3-2-4-6-21/h2-6,9-12,24H,13-20H2,1H3. The number of rotatable bonds is 2. The normalized spacial score (nSPS) is 18.9. The third kappa shape index (κ3) is 5.06. The molecule has 0 spiro atoms. The second kappa shape index (κ2) is 9.26. The maximum atomic E-state index is 12.9. The molecular weight excluding hydrogens is 358 g/mol. The van der Waals surface area contributed by atoms with E-state index in [1.807, 2.05) is 59.5 Å². The minimum absolute atomic E-state index is 0.143. The second-order valence-corrected chi connectivity index (χ2v) is 8.06. The minimum Gasteiger partial charge on any atom is -0.339 e. The molecule has 0 radical (unpaired) electrons. The number of carbonyl (C=O) groups is 1. The Morgan fingerprint density at radius 2 is 1.38 bits per heavy atom. The van der Waals surface area contributed by atoms with E-state index >= 15 is 0 Å². The molecule has 0 atom stereocenters. The van der Waals surface area contributed by atoms with Crippen molar-refractivity contribution in [3.05, 3.63) is 71.3 Å². The third-order valence-electron chi connectivity index (χ3n) is 6.06. The molecule has 2 heterocycles. The lowest BCUT2D eigenvalue weighted by atomic mass is 10.0. The first-order valence-electron chi connectivity index (χ1n) is 10.6. The van der Waals surface area contributed by atoms with E-state index in [0.717, 1.165) is 68.8 Å². The molecule has 0 bridgehead atoms. The van der Waals surface area contributed by atoms with Crippen LogP contribution < -0.4 is 0 Å². The highest BCUT2D eigenvalue weighted by Crippen LogP contribution is 2.20. The lowest BCUT2D eigenvalue weighted by Gasteiger charge is -2.42. The molecule has 0 unspecified atom stereocenters. The van der Waals surface area contributed by atoms with Crippen LogP contribution in [0.4, 0.5) is 0 Å². The van der Waals surface area contributed by atoms with Gasteiger partial charge in [0, 0.05) is 62.0 Å². The number of amides is 1. The van der Waals surface area contributed by atoms with Gasteiger partial charge >= 0.3 is 0 Å². The largest absolute Gasteiger partial charge is 0.339 e. The van der Waals surface area contributed by atoms with E-state index in [9.17, 15) is 4.79 Å². The molecule has 2 saturated heterocycles. The molecule has 0 aromatic heterocycles. The van der Waals surface area contributed by atoms with Crippen molar-refractivity contribution in [1.29, 1.82) is 0 Å². The van der Waals surface area contributed by atoms with Gasteiger partial charge in [-0.3, -0.25) is 9.69 Å². The number of carbonyl (C=O) groups excluding carboxylic acids is 1. The Kier molecular flexibility index (Phi) is 6.29. The molecule has 2 aliphatic heterocycles. The van der Waals surface area contributed by atoms with Crippen LogP contribution in [-0.2, 0) is 0 Å². The van der Waals surface area contributed by atoms with E-state index in [4.69, 9.17) is 0 Å². The number of hydrogen-bond donors (Lipinski definition) is 0. The highest BCUT2D eigenvalue weighted by molar-refractivity contribution is 5.94. The fourth-order valence-corrected chi connectivity index (χ4v) is 4.17. The molecule has 4 nitrogen and oxygen atoms in total. The number of benzene rings is 2. The predicted molar refractivity (Wildman–Crippen MR) is 117 cm³/mol. The Balaban J connectivity index is 1.31. The summed E-state index contributed by atoms with van der Waals surface area (Å²) in [5.74, 6) is 6.47. The van der Waals surface area contributed by atoms with Gasteiger partial charge in [-0.1, -0.05) is 30.0 Å². The van der Waals surface area contributed by atoms with Crippen LogP contribution in [0, 0.1) is 11.8 Å². The molecule has 29 heavy (non-hydrogen) atoms. The van der Waals surface area contributed by atoms with Gasteiger partial charge in [0.25, 0.3) is 5.91 Å². The summed E-state index contributed by atoms with van der Waals surface area (Å²) >= 11 is 0. The van der Waals surface area contributed by atoms with E-state index < -0.39 is 0 Å². The van der Waals surface area contributed by atoms with Gasteiger partial charge in [0.05, 0.1) is 0 Å². The first-order chi connectivity index (χ1) is 14.2. The number of piperazine rings is 1. The summed E-state index contributed by atoms with van der Waals surface area (Å²) in [6.07, 6.45) is 2.16. The van der Waals surface area contributed by atoms with Crippen LogP contribution in [-0.4, -0.2) is 73.0 Å². The van der Waals surface area contributed by atoms with Gasteiger partial charge in [-0.05, 0) is 56.3 Å². The van der Waals surface area contributed by atoms with Crippen LogP contribution in [0.15, 0.2) is 54.6 Å². The lowest BCUT2D eigenvalue weighted by Crippen LogP contribution is -2.52. The van der Waals surface area contributed by atoms with Gasteiger partial charge in [0.1, 0.15) is 0 Å². The molecule has 1 amide bonds. The quantitative estimate of drug-likeness (QED) is 0.742. The lowest BCUT2D eigenvalue weighted by molar-refractivity contribution is 0.0519. The van der Waals surface area contributed by atoms with Crippen LogP contribution in [0.5, 0.6) is 0 Å². The topological polar surface area (TPSA) is 26.8 Å². The first kappa shape index (κ1) is 19.7. The molecule has 0 saturated carbocycles. The Morgan fingerprint density at radius 3 is 2.00 bits per heavy atom. The zero-order valence-corrected chi connectivity index (χ0v) is 17.2. The SMILES string of the molecule is CN1CCN(C2CCN(C(=O)c3ccc(C#Cc4ccccc4)cc3)CC2)CC1. The summed E-state index contributed by atoms with van der Waals surface area (Å²) < 4.78 is 0. The molecular formula is C25H29N3O. The fraction of sp³-hybridized carbons (Fsp3) is 0.400. The van der Waals surface area contributed by atoms with E-state index in [2.05, 4.69) is 28.7 Å². The molecule has 0 N–H and O–H groups in total. The van der Waals surface area contributed by atoms with Gasteiger partial charge in [0.15, 0.2) is 0 Å². The van der Waals surface area contributed by atoms with Crippen molar-refractivity contribution in [1.82, 2.24) is 14.7 Å². The predicted octanol–water partition coefficient (Wildman–Crippen LogP) is 2.94. The van der Waals surface area contributed by atoms with Gasteiger partial charge in [-0.25, -0.2) is 0 Å². The smallest absolute Gasteiger partial charge is 0.253 e. The fourth-order valence-electron chi connectivity index (χ4n) is 4.17. The van der Waals surface area contributed by atoms with Crippen LogP contribution in [0.2, 0.25) is 0 Å². The zero-order chi connectivity index (χ0) is 20.1. The highest BCUT2D eigenvalue weighted by atomic mass is 16.2. The van der Waals surface area contributed by atoms with E-state index in [0.29, 0.717) is 6.04 Å². The molecule has 2 aliphatic rings. The van der Waals surface area contributed by atoms with E-state index in [1.165, 1.54) is 0 Å². The maximum absolute atomic E-state index is 12.9. The van der Waals surface area contributed by atoms with Crippen LogP contribution in [0.3, 0.4) is 0 Å². The molecule has 150 valence electrons. The molecule has 2 fully saturated rings. The van der Waals surface area contributed by atoms with Crippen molar-refractivity contribution < 1.29 is 4.79 Å². The zero-order valence-electron chi connectivity index (χ0n) is 17.2. The summed E-state index contributed by atoms with van der Waals surface area (Å²) in [5, 5.41) is 0. The van der Waals surface area contributed by atoms with Gasteiger partial charge in [-0.2, -0.15) is 0 Å². The monoisotopic (exact) mass is 387 g/mol. The van der Waals surface area contributed by atoms with Gasteiger partial charge < -0.3 is 9.80 Å². The average Bonchev–Trinajstić information content (AvgIpc) is 2.79. The van der Waals surface area contributed by atoms with Crippen molar-refractivity contribution in [2.24, 2.45) is 0 Å². The molecule has 0 aliphatic carbocycles. The summed E-state index contributed by atoms with van der Waals surface area (Å²) in [5.41, 5.74) is 2.68. The van der Waals surface area contributed by atoms with Crippen LogP contribution in [0.25, 0.3) is 0 Å². The van der Waals surface area contributed by atoms with Crippen molar-refractivity contribution in [3.63, 3.8) is 0 Å². The van der Waals surface area contributed by atoms with Crippen LogP contribution in [0.1, 0.15) is 34.3 Å². The number of piperidine rings is 1. The minimum atomic E-state index is 0.143. The van der Waals surface area contributed by atoms with Crippen molar-refractivity contribution >= 4 is 5.91 Å². The molecule has 2 aromatic carbocycles. The summed E-state index contributed by atoms with van der Waals surface area (Å²) in [6.45, 7) is 6.31. The Labute approximate surface area is 174 Å². The average molecular weight is 388 g/mol. The highest BCUT2D eigenvalue weighted by Gasteiger charge is 2.28. The molecule has 4 rings (SSSR count). The first-order valence-corrected chi connectivity index (χ1v) is 10.6. The maximum Gasteiger partial charge on any atom is 0.253 e. The van der Waals surface area contributed by atoms with Crippen LogP contribution >= 0.6 is 0 Å². The number of hydrogen-bond acceptors (Lipinski definition) is 3. The number of nitrogens with zero attached hydrogens (tertiary/aromatic N) is 3. The van der Waals surface area contributed by atoms with Crippen molar-refractivity contribution in [3.8, 4) is 11.8 Å². The summed E-state index contributed by atoms with van der Waals surface area (Å²) in [4.78, 5) is 19.9. The summed E-state index contributed by atoms with van der Waals surface area (Å²) in [6, 6.07) is 18.3. The molecule has 2 aromatic rings. The second-order valence-electron chi connectivity index (χ2n) is 8.06. The van der Waals surface area contributed by atoms with E-state index in [1.54, 1.807) is 0 Å². The van der Waals surface area contributed by atoms with Crippen molar-refractivity contribution in [2.45, 2.75) is 18.9 Å². The van der Waals surface area contributed by atoms with E-state index in [-0.39, 0.29) is 5.91 Å². The number of likely N-dealkylation sites (tertiary alicyclic amines) is 1. The third-order valence-corrected chi connectivity index (χ3v) is 6.06. The Hall–Kier alpha value is -2.61. The van der Waals surface area contributed by atoms with Crippen molar-refractivity contribution in [2.75, 3.05) is 46.3 Å². The summed E-state index contributed by atoms with van der Waals surface area (Å²) in [7, 11) is 2.19. The number of likely N-dealkylation sites (N-methyl/N-ethyl adjacent to an activating group) is 1. The molecule has 4 heteroatoms. The Morgan fingerprint density at radius 1 is 0.793 bits per heavy atom. The van der Waals surface area contributed by atoms with Gasteiger partial charge in [0.2, 0.25) is 0 Å².